The van der Waals surface area contributed by atoms with Gasteiger partial charge in [-0.15, -0.1) is 0 Å². The van der Waals surface area contributed by atoms with Crippen LogP contribution in [0.5, 0.6) is 0 Å². The normalized spacial score (nSPS) is 16.5. The Balaban J connectivity index is 2.33. The zero-order chi connectivity index (χ0) is 13.8. The maximum Gasteiger partial charge on any atom is 0.328 e. The third-order valence-corrected chi connectivity index (χ3v) is 3.41. The lowest BCUT2D eigenvalue weighted by Gasteiger charge is -2.29. The summed E-state index contributed by atoms with van der Waals surface area (Å²) in [6.45, 7) is 4.69. The molecule has 0 bridgehead atoms. The molecule has 0 aromatic heterocycles. The van der Waals surface area contributed by atoms with Crippen LogP contribution in [0.4, 0.5) is 5.69 Å². The first-order valence-electron chi connectivity index (χ1n) is 6.70. The van der Waals surface area contributed by atoms with Crippen molar-refractivity contribution in [3.63, 3.8) is 0 Å². The van der Waals surface area contributed by atoms with Gasteiger partial charge in [0.05, 0.1) is 6.61 Å². The standard InChI is InChI=1S/C15H19NO3/c1-3-19-15(18)11(2)16-10-6-9-14(17)12-7-4-5-8-13(12)16/h4-5,7-8,11H,3,6,9-10H2,1-2H3. The topological polar surface area (TPSA) is 46.6 Å². The first-order valence-corrected chi connectivity index (χ1v) is 6.70. The van der Waals surface area contributed by atoms with Crippen molar-refractivity contribution >= 4 is 17.4 Å². The van der Waals surface area contributed by atoms with Gasteiger partial charge in [-0.3, -0.25) is 4.79 Å². The molecule has 102 valence electrons. The molecule has 2 rings (SSSR count). The average Bonchev–Trinajstić information content (AvgIpc) is 2.58. The number of hydrogen-bond donors (Lipinski definition) is 0. The quantitative estimate of drug-likeness (QED) is 0.784. The van der Waals surface area contributed by atoms with Crippen LogP contribution >= 0.6 is 0 Å². The van der Waals surface area contributed by atoms with Crippen LogP contribution < -0.4 is 4.90 Å². The molecule has 0 radical (unpaired) electrons. The summed E-state index contributed by atoms with van der Waals surface area (Å²) < 4.78 is 5.07. The van der Waals surface area contributed by atoms with Crippen LogP contribution in [0.15, 0.2) is 24.3 Å². The maximum atomic E-state index is 12.0. The van der Waals surface area contributed by atoms with E-state index in [4.69, 9.17) is 4.74 Å². The lowest BCUT2D eigenvalue weighted by molar-refractivity contribution is -0.144. The lowest BCUT2D eigenvalue weighted by Crippen LogP contribution is -2.40. The number of carbonyl (C=O) groups excluding carboxylic acids is 2. The molecule has 1 heterocycles. The molecule has 1 aliphatic rings. The van der Waals surface area contributed by atoms with Crippen LogP contribution in [-0.4, -0.2) is 30.9 Å². The van der Waals surface area contributed by atoms with E-state index >= 15 is 0 Å². The summed E-state index contributed by atoms with van der Waals surface area (Å²) >= 11 is 0. The fourth-order valence-corrected chi connectivity index (χ4v) is 2.42. The van der Waals surface area contributed by atoms with Gasteiger partial charge in [0.2, 0.25) is 0 Å². The number of esters is 1. The highest BCUT2D eigenvalue weighted by atomic mass is 16.5. The van der Waals surface area contributed by atoms with Gasteiger partial charge in [-0.1, -0.05) is 12.1 Å². The highest BCUT2D eigenvalue weighted by Gasteiger charge is 2.28. The van der Waals surface area contributed by atoms with Crippen molar-refractivity contribution in [2.24, 2.45) is 0 Å². The predicted octanol–water partition coefficient (Wildman–Crippen LogP) is 2.42. The van der Waals surface area contributed by atoms with Crippen LogP contribution in [0.3, 0.4) is 0 Å². The van der Waals surface area contributed by atoms with Gasteiger partial charge < -0.3 is 9.64 Å². The Bertz CT molecular complexity index is 484. The summed E-state index contributed by atoms with van der Waals surface area (Å²) in [5, 5.41) is 0. The molecule has 0 amide bonds. The molecule has 1 aromatic rings. The lowest BCUT2D eigenvalue weighted by atomic mass is 10.1. The minimum atomic E-state index is -0.369. The number of Topliss-reactive ketones (excluding diaryl/α,β-unsaturated/α-hetero) is 1. The van der Waals surface area contributed by atoms with Gasteiger partial charge in [-0.2, -0.15) is 0 Å². The molecule has 0 aliphatic carbocycles. The van der Waals surface area contributed by atoms with Crippen molar-refractivity contribution in [3.05, 3.63) is 29.8 Å². The van der Waals surface area contributed by atoms with E-state index in [1.165, 1.54) is 0 Å². The van der Waals surface area contributed by atoms with Gasteiger partial charge in [0.25, 0.3) is 0 Å². The summed E-state index contributed by atoms with van der Waals surface area (Å²) in [5.41, 5.74) is 1.54. The number of benzene rings is 1. The van der Waals surface area contributed by atoms with E-state index in [0.717, 1.165) is 12.1 Å². The van der Waals surface area contributed by atoms with Gasteiger partial charge >= 0.3 is 5.97 Å². The number of ether oxygens (including phenoxy) is 1. The first kappa shape index (κ1) is 13.6. The molecule has 4 heteroatoms. The van der Waals surface area contributed by atoms with E-state index in [2.05, 4.69) is 0 Å². The third-order valence-electron chi connectivity index (χ3n) is 3.41. The minimum Gasteiger partial charge on any atom is -0.464 e. The summed E-state index contributed by atoms with van der Waals surface area (Å²) in [6.07, 6.45) is 1.29. The number of fused-ring (bicyclic) bond motifs is 1. The number of hydrogen-bond acceptors (Lipinski definition) is 4. The van der Waals surface area contributed by atoms with E-state index in [1.54, 1.807) is 6.92 Å². The molecule has 1 aliphatic heterocycles. The number of nitrogens with zero attached hydrogens (tertiary/aromatic N) is 1. The van der Waals surface area contributed by atoms with Crippen molar-refractivity contribution in [1.82, 2.24) is 0 Å². The second kappa shape index (κ2) is 5.87. The van der Waals surface area contributed by atoms with Crippen molar-refractivity contribution < 1.29 is 14.3 Å². The molecule has 19 heavy (non-hydrogen) atoms. The molecule has 4 nitrogen and oxygen atoms in total. The van der Waals surface area contributed by atoms with Crippen molar-refractivity contribution in [2.75, 3.05) is 18.1 Å². The summed E-state index contributed by atoms with van der Waals surface area (Å²) in [6, 6.07) is 7.10. The molecule has 0 fully saturated rings. The Hall–Kier alpha value is -1.84. The second-order valence-corrected chi connectivity index (χ2v) is 4.67. The van der Waals surface area contributed by atoms with E-state index < -0.39 is 0 Å². The second-order valence-electron chi connectivity index (χ2n) is 4.67. The summed E-state index contributed by atoms with van der Waals surface area (Å²) in [7, 11) is 0. The summed E-state index contributed by atoms with van der Waals surface area (Å²) in [4.78, 5) is 25.9. The third kappa shape index (κ3) is 2.78. The highest BCUT2D eigenvalue weighted by molar-refractivity contribution is 6.02. The first-order chi connectivity index (χ1) is 9.15. The minimum absolute atomic E-state index is 0.147. The zero-order valence-electron chi connectivity index (χ0n) is 11.4. The molecule has 1 atom stereocenters. The van der Waals surface area contributed by atoms with Gasteiger partial charge in [0, 0.05) is 24.2 Å². The summed E-state index contributed by atoms with van der Waals surface area (Å²) in [5.74, 6) is -0.0965. The molecule has 0 saturated heterocycles. The number of rotatable bonds is 3. The van der Waals surface area contributed by atoms with E-state index in [9.17, 15) is 9.59 Å². The molecule has 0 N–H and O–H groups in total. The van der Waals surface area contributed by atoms with Gasteiger partial charge in [-0.25, -0.2) is 4.79 Å². The highest BCUT2D eigenvalue weighted by Crippen LogP contribution is 2.28. The number of ketones is 1. The maximum absolute atomic E-state index is 12.0. The van der Waals surface area contributed by atoms with Crippen LogP contribution in [-0.2, 0) is 9.53 Å². The Morgan fingerprint density at radius 3 is 2.89 bits per heavy atom. The number of para-hydroxylation sites is 1. The molecule has 0 saturated carbocycles. The predicted molar refractivity (Wildman–Crippen MR) is 73.4 cm³/mol. The van der Waals surface area contributed by atoms with Crippen LogP contribution in [0.2, 0.25) is 0 Å². The number of anilines is 1. The van der Waals surface area contributed by atoms with Crippen molar-refractivity contribution in [3.8, 4) is 0 Å². The Morgan fingerprint density at radius 2 is 2.16 bits per heavy atom. The van der Waals surface area contributed by atoms with E-state index in [-0.39, 0.29) is 17.8 Å². The Morgan fingerprint density at radius 1 is 1.42 bits per heavy atom. The fourth-order valence-electron chi connectivity index (χ4n) is 2.42. The van der Waals surface area contributed by atoms with Crippen LogP contribution in [0.1, 0.15) is 37.0 Å². The zero-order valence-corrected chi connectivity index (χ0v) is 11.4. The van der Waals surface area contributed by atoms with E-state index in [0.29, 0.717) is 25.1 Å². The monoisotopic (exact) mass is 261 g/mol. The van der Waals surface area contributed by atoms with E-state index in [1.807, 2.05) is 36.1 Å². The Kier molecular flexibility index (Phi) is 4.20. The number of carbonyl (C=O) groups is 2. The molecular weight excluding hydrogens is 242 g/mol. The molecular formula is C15H19NO3. The fraction of sp³-hybridized carbons (Fsp3) is 0.467. The van der Waals surface area contributed by atoms with Gasteiger partial charge in [-0.05, 0) is 32.4 Å². The smallest absolute Gasteiger partial charge is 0.328 e. The van der Waals surface area contributed by atoms with Gasteiger partial charge in [0.15, 0.2) is 5.78 Å². The molecule has 0 spiro atoms. The molecule has 1 unspecified atom stereocenters. The van der Waals surface area contributed by atoms with Crippen LogP contribution in [0.25, 0.3) is 0 Å². The molecule has 1 aromatic carbocycles. The van der Waals surface area contributed by atoms with Crippen molar-refractivity contribution in [2.45, 2.75) is 32.7 Å². The van der Waals surface area contributed by atoms with Crippen molar-refractivity contribution in [1.29, 1.82) is 0 Å². The largest absolute Gasteiger partial charge is 0.464 e. The Labute approximate surface area is 113 Å². The average molecular weight is 261 g/mol. The van der Waals surface area contributed by atoms with Gasteiger partial charge in [0.1, 0.15) is 6.04 Å². The SMILES string of the molecule is CCOC(=O)C(C)N1CCCC(=O)c2ccccc21. The van der Waals surface area contributed by atoms with Crippen LogP contribution in [0, 0.1) is 0 Å².